The zero-order chi connectivity index (χ0) is 17.1. The summed E-state index contributed by atoms with van der Waals surface area (Å²) in [6, 6.07) is 11.6. The average Bonchev–Trinajstić information content (AvgIpc) is 3.35. The minimum atomic E-state index is 0.246. The Morgan fingerprint density at radius 1 is 1.08 bits per heavy atom. The van der Waals surface area contributed by atoms with Crippen molar-refractivity contribution >= 4 is 0 Å². The number of rotatable bonds is 5. The predicted molar refractivity (Wildman–Crippen MR) is 95.5 cm³/mol. The molecule has 4 rings (SSSR count). The fourth-order valence-corrected chi connectivity index (χ4v) is 4.58. The number of piperazine rings is 1. The summed E-state index contributed by atoms with van der Waals surface area (Å²) < 4.78 is 2.15. The lowest BCUT2D eigenvalue weighted by atomic mass is 10.0. The molecule has 1 aliphatic heterocycles. The average molecular weight is 342 g/mol. The van der Waals surface area contributed by atoms with Crippen LogP contribution >= 0.6 is 0 Å². The monoisotopic (exact) mass is 342 g/mol. The molecule has 1 aromatic carbocycles. The van der Waals surface area contributed by atoms with Gasteiger partial charge in [0.2, 0.25) is 5.82 Å². The number of likely N-dealkylation sites (N-methyl/N-ethyl adjacent to an activating group) is 1. The van der Waals surface area contributed by atoms with E-state index in [0.29, 0.717) is 6.04 Å². The number of quaternary nitrogens is 2. The van der Waals surface area contributed by atoms with E-state index >= 15 is 0 Å². The summed E-state index contributed by atoms with van der Waals surface area (Å²) in [5, 5.41) is 13.0. The quantitative estimate of drug-likeness (QED) is 0.783. The minimum absolute atomic E-state index is 0.246. The number of benzene rings is 1. The van der Waals surface area contributed by atoms with Crippen molar-refractivity contribution in [1.29, 1.82) is 0 Å². The number of nitrogens with zero attached hydrogens (tertiary/aromatic N) is 4. The fourth-order valence-electron chi connectivity index (χ4n) is 4.58. The van der Waals surface area contributed by atoms with Crippen LogP contribution in [0, 0.1) is 0 Å². The molecular weight excluding hydrogens is 312 g/mol. The lowest BCUT2D eigenvalue weighted by molar-refractivity contribution is -1.02. The van der Waals surface area contributed by atoms with E-state index < -0.39 is 0 Å². The van der Waals surface area contributed by atoms with E-state index in [9.17, 15) is 0 Å². The van der Waals surface area contributed by atoms with Crippen molar-refractivity contribution in [2.75, 3.05) is 32.7 Å². The number of aromatic nitrogens is 4. The lowest BCUT2D eigenvalue weighted by Crippen LogP contribution is -3.28. The maximum absolute atomic E-state index is 4.53. The Morgan fingerprint density at radius 3 is 2.48 bits per heavy atom. The van der Waals surface area contributed by atoms with E-state index in [0.717, 1.165) is 5.82 Å². The fraction of sp³-hybridized carbons (Fsp3) is 0.632. The molecule has 1 aliphatic carbocycles. The Hall–Kier alpha value is -1.79. The molecule has 1 saturated heterocycles. The van der Waals surface area contributed by atoms with Gasteiger partial charge in [-0.15, -0.1) is 5.10 Å². The second-order valence-electron chi connectivity index (χ2n) is 7.53. The number of hydrogen-bond acceptors (Lipinski definition) is 3. The highest BCUT2D eigenvalue weighted by Crippen LogP contribution is 2.31. The molecule has 0 radical (unpaired) electrons. The van der Waals surface area contributed by atoms with Crippen LogP contribution in [0.15, 0.2) is 30.3 Å². The second kappa shape index (κ2) is 7.62. The molecule has 0 spiro atoms. The van der Waals surface area contributed by atoms with Crippen LogP contribution in [0.2, 0.25) is 0 Å². The van der Waals surface area contributed by atoms with Crippen LogP contribution in [-0.2, 0) is 0 Å². The van der Waals surface area contributed by atoms with Crippen LogP contribution in [0.1, 0.15) is 56.1 Å². The molecule has 1 atom stereocenters. The van der Waals surface area contributed by atoms with Gasteiger partial charge in [0, 0.05) is 5.56 Å². The highest BCUT2D eigenvalue weighted by Gasteiger charge is 2.36. The summed E-state index contributed by atoms with van der Waals surface area (Å²) in [5.74, 6) is 1.06. The van der Waals surface area contributed by atoms with E-state index in [2.05, 4.69) is 57.5 Å². The summed E-state index contributed by atoms with van der Waals surface area (Å²) >= 11 is 0. The van der Waals surface area contributed by atoms with Crippen molar-refractivity contribution in [3.8, 4) is 0 Å². The summed E-state index contributed by atoms with van der Waals surface area (Å²) in [6.07, 6.45) is 5.02. The van der Waals surface area contributed by atoms with Gasteiger partial charge in [-0.25, -0.2) is 4.68 Å². The first-order chi connectivity index (χ1) is 12.4. The Morgan fingerprint density at radius 2 is 1.80 bits per heavy atom. The van der Waals surface area contributed by atoms with Gasteiger partial charge in [-0.1, -0.05) is 43.2 Å². The minimum Gasteiger partial charge on any atom is -0.326 e. The molecule has 1 saturated carbocycles. The third kappa shape index (κ3) is 3.46. The van der Waals surface area contributed by atoms with Crippen LogP contribution in [0.5, 0.6) is 0 Å². The summed E-state index contributed by atoms with van der Waals surface area (Å²) in [6.45, 7) is 8.35. The molecule has 0 unspecified atom stereocenters. The van der Waals surface area contributed by atoms with Gasteiger partial charge in [-0.2, -0.15) is 0 Å². The van der Waals surface area contributed by atoms with Gasteiger partial charge in [-0.3, -0.25) is 0 Å². The highest BCUT2D eigenvalue weighted by molar-refractivity contribution is 5.22. The molecule has 2 aromatic rings. The highest BCUT2D eigenvalue weighted by atomic mass is 15.6. The zero-order valence-electron chi connectivity index (χ0n) is 15.2. The summed E-state index contributed by atoms with van der Waals surface area (Å²) in [4.78, 5) is 3.32. The largest absolute Gasteiger partial charge is 0.326 e. The Bertz CT molecular complexity index is 656. The molecule has 6 heteroatoms. The number of nitrogens with one attached hydrogen (secondary N) is 2. The standard InChI is InChI=1S/C19H28N6/c1-2-23-12-14-24(15-13-23)18(16-8-4-3-5-9-16)19-20-21-22-25(19)17-10-6-7-11-17/h3-5,8-9,17-18H,2,6-7,10-15H2,1H3/p+2/t18-/m1/s1. The van der Waals surface area contributed by atoms with Gasteiger partial charge in [0.1, 0.15) is 26.2 Å². The van der Waals surface area contributed by atoms with Gasteiger partial charge in [0.25, 0.3) is 0 Å². The van der Waals surface area contributed by atoms with Crippen molar-refractivity contribution in [2.45, 2.75) is 44.7 Å². The third-order valence-electron chi connectivity index (χ3n) is 6.09. The summed E-state index contributed by atoms with van der Waals surface area (Å²) in [7, 11) is 0. The van der Waals surface area contributed by atoms with Crippen molar-refractivity contribution in [2.24, 2.45) is 0 Å². The van der Waals surface area contributed by atoms with Crippen molar-refractivity contribution in [1.82, 2.24) is 20.2 Å². The molecule has 134 valence electrons. The molecule has 0 amide bonds. The third-order valence-corrected chi connectivity index (χ3v) is 6.09. The molecule has 2 aliphatic rings. The molecule has 1 aromatic heterocycles. The van der Waals surface area contributed by atoms with Gasteiger partial charge < -0.3 is 9.80 Å². The van der Waals surface area contributed by atoms with E-state index in [1.807, 2.05) is 0 Å². The van der Waals surface area contributed by atoms with E-state index in [4.69, 9.17) is 0 Å². The first kappa shape index (κ1) is 16.7. The maximum Gasteiger partial charge on any atom is 0.214 e. The first-order valence-electron chi connectivity index (χ1n) is 9.87. The predicted octanol–water partition coefficient (Wildman–Crippen LogP) is -0.319. The normalized spacial score (nSPS) is 26.0. The van der Waals surface area contributed by atoms with Crippen LogP contribution < -0.4 is 9.80 Å². The van der Waals surface area contributed by atoms with E-state index in [1.165, 1.54) is 64.0 Å². The van der Waals surface area contributed by atoms with Crippen LogP contribution in [0.25, 0.3) is 0 Å². The van der Waals surface area contributed by atoms with Crippen LogP contribution in [0.4, 0.5) is 0 Å². The van der Waals surface area contributed by atoms with Crippen molar-refractivity contribution in [3.05, 3.63) is 41.7 Å². The second-order valence-corrected chi connectivity index (χ2v) is 7.53. The number of hydrogen-bond donors (Lipinski definition) is 2. The Labute approximate surface area is 149 Å². The molecule has 6 nitrogen and oxygen atoms in total. The topological polar surface area (TPSA) is 52.5 Å². The van der Waals surface area contributed by atoms with Crippen LogP contribution in [0.3, 0.4) is 0 Å². The molecule has 25 heavy (non-hydrogen) atoms. The van der Waals surface area contributed by atoms with Gasteiger partial charge in [0.05, 0.1) is 12.6 Å². The van der Waals surface area contributed by atoms with Gasteiger partial charge in [0.15, 0.2) is 6.04 Å². The molecule has 2 heterocycles. The summed E-state index contributed by atoms with van der Waals surface area (Å²) in [5.41, 5.74) is 1.34. The lowest BCUT2D eigenvalue weighted by Gasteiger charge is -2.34. The van der Waals surface area contributed by atoms with Gasteiger partial charge in [-0.05, 0) is 30.2 Å². The van der Waals surface area contributed by atoms with Crippen molar-refractivity contribution in [3.63, 3.8) is 0 Å². The molecule has 2 fully saturated rings. The van der Waals surface area contributed by atoms with Crippen molar-refractivity contribution < 1.29 is 9.80 Å². The Kier molecular flexibility index (Phi) is 5.08. The zero-order valence-corrected chi connectivity index (χ0v) is 15.2. The first-order valence-corrected chi connectivity index (χ1v) is 9.87. The Balaban J connectivity index is 1.66. The smallest absolute Gasteiger partial charge is 0.214 e. The molecule has 0 bridgehead atoms. The molecule has 2 N–H and O–H groups in total. The van der Waals surface area contributed by atoms with Gasteiger partial charge >= 0.3 is 0 Å². The SMILES string of the molecule is CC[NH+]1CC[NH+]([C@H](c2ccccc2)c2nnnn2C2CCCC2)CC1. The molecular formula is C19H30N6+2. The number of tetrazole rings is 1. The van der Waals surface area contributed by atoms with E-state index in [-0.39, 0.29) is 6.04 Å². The maximum atomic E-state index is 4.53. The van der Waals surface area contributed by atoms with E-state index in [1.54, 1.807) is 9.80 Å². The van der Waals surface area contributed by atoms with Crippen LogP contribution in [-0.4, -0.2) is 52.9 Å².